The molecule has 28 heavy (non-hydrogen) atoms. The number of aryl methyl sites for hydroxylation is 1. The van der Waals surface area contributed by atoms with Crippen molar-refractivity contribution in [1.29, 1.82) is 0 Å². The Kier molecular flexibility index (Phi) is 6.44. The highest BCUT2D eigenvalue weighted by atomic mass is 16.6. The molecule has 1 amide bonds. The monoisotopic (exact) mass is 385 g/mol. The van der Waals surface area contributed by atoms with Crippen LogP contribution in [0.25, 0.3) is 0 Å². The van der Waals surface area contributed by atoms with Gasteiger partial charge in [0.25, 0.3) is 5.91 Å². The summed E-state index contributed by atoms with van der Waals surface area (Å²) in [5.41, 5.74) is 1.98. The number of esters is 1. The smallest absolute Gasteiger partial charge is 0.343 e. The van der Waals surface area contributed by atoms with Crippen LogP contribution in [0.3, 0.4) is 0 Å². The second-order valence-electron chi connectivity index (χ2n) is 6.27. The Hall–Kier alpha value is -3.13. The lowest BCUT2D eigenvalue weighted by molar-refractivity contribution is -0.142. The highest BCUT2D eigenvalue weighted by molar-refractivity contribution is 6.07. The summed E-state index contributed by atoms with van der Waals surface area (Å²) in [5.74, 6) is 0.485. The maximum atomic E-state index is 12.9. The number of carbonyl (C=O) groups excluding carboxylic acids is 2. The lowest BCUT2D eigenvalue weighted by Crippen LogP contribution is -2.38. The van der Waals surface area contributed by atoms with Crippen LogP contribution in [0, 0.1) is 6.92 Å². The number of ether oxygens (including phenoxy) is 3. The van der Waals surface area contributed by atoms with Gasteiger partial charge in [-0.05, 0) is 42.8 Å². The summed E-state index contributed by atoms with van der Waals surface area (Å²) in [6.07, 6.45) is 1.68. The number of rotatable bonds is 6. The van der Waals surface area contributed by atoms with Gasteiger partial charge >= 0.3 is 5.97 Å². The van der Waals surface area contributed by atoms with Gasteiger partial charge in [-0.1, -0.05) is 0 Å². The zero-order chi connectivity index (χ0) is 19.9. The lowest BCUT2D eigenvalue weighted by Gasteiger charge is -2.29. The number of methoxy groups -OCH3 is 1. The summed E-state index contributed by atoms with van der Waals surface area (Å²) >= 11 is 0. The van der Waals surface area contributed by atoms with Crippen LogP contribution in [0.5, 0.6) is 5.75 Å². The topological polar surface area (TPSA) is 90.0 Å². The molecule has 0 bridgehead atoms. The fourth-order valence-corrected chi connectivity index (χ4v) is 2.86. The average Bonchev–Trinajstić information content (AvgIpc) is 2.74. The maximum Gasteiger partial charge on any atom is 0.343 e. The van der Waals surface area contributed by atoms with Crippen LogP contribution in [0.2, 0.25) is 0 Å². The van der Waals surface area contributed by atoms with Gasteiger partial charge < -0.3 is 24.4 Å². The van der Waals surface area contributed by atoms with E-state index in [0.717, 1.165) is 5.56 Å². The van der Waals surface area contributed by atoms with E-state index in [1.165, 1.54) is 7.11 Å². The molecule has 0 radical (unpaired) electrons. The van der Waals surface area contributed by atoms with Crippen molar-refractivity contribution < 1.29 is 23.8 Å². The third-order valence-electron chi connectivity index (χ3n) is 4.37. The molecule has 8 nitrogen and oxygen atoms in total. The summed E-state index contributed by atoms with van der Waals surface area (Å²) in [6.45, 7) is 4.31. The summed E-state index contributed by atoms with van der Waals surface area (Å²) < 4.78 is 15.3. The third-order valence-corrected chi connectivity index (χ3v) is 4.37. The van der Waals surface area contributed by atoms with E-state index in [-0.39, 0.29) is 12.5 Å². The van der Waals surface area contributed by atoms with Crippen molar-refractivity contribution in [1.82, 2.24) is 4.98 Å². The normalized spacial score (nSPS) is 13.7. The molecule has 0 saturated carbocycles. The Labute approximate surface area is 163 Å². The summed E-state index contributed by atoms with van der Waals surface area (Å²) in [5, 5.41) is 2.93. The third kappa shape index (κ3) is 4.77. The molecule has 3 rings (SSSR count). The van der Waals surface area contributed by atoms with Gasteiger partial charge in [-0.25, -0.2) is 9.78 Å². The predicted molar refractivity (Wildman–Crippen MR) is 104 cm³/mol. The Morgan fingerprint density at radius 1 is 1.25 bits per heavy atom. The van der Waals surface area contributed by atoms with Crippen LogP contribution in [0.4, 0.5) is 11.5 Å². The van der Waals surface area contributed by atoms with E-state index >= 15 is 0 Å². The van der Waals surface area contributed by atoms with Crippen molar-refractivity contribution in [3.63, 3.8) is 0 Å². The predicted octanol–water partition coefficient (Wildman–Crippen LogP) is 2.03. The number of nitrogens with one attached hydrogen (secondary N) is 1. The zero-order valence-electron chi connectivity index (χ0n) is 15.9. The van der Waals surface area contributed by atoms with Crippen molar-refractivity contribution in [3.8, 4) is 5.75 Å². The molecule has 0 aliphatic carbocycles. The standard InChI is InChI=1S/C20H23N3O5/c1-14-12-15(28-13-18(24)26-2)5-6-17(14)22-20(25)16-4-3-7-21-19(16)23-8-10-27-11-9-23/h3-7,12H,8-11,13H2,1-2H3,(H,22,25). The summed E-state index contributed by atoms with van der Waals surface area (Å²) in [6, 6.07) is 8.69. The summed E-state index contributed by atoms with van der Waals surface area (Å²) in [7, 11) is 1.30. The number of carbonyl (C=O) groups is 2. The first-order valence-electron chi connectivity index (χ1n) is 8.98. The minimum atomic E-state index is -0.456. The fraction of sp³-hybridized carbons (Fsp3) is 0.350. The van der Waals surface area contributed by atoms with Crippen LogP contribution in [-0.2, 0) is 14.3 Å². The number of anilines is 2. The quantitative estimate of drug-likeness (QED) is 0.761. The number of amides is 1. The van der Waals surface area contributed by atoms with Gasteiger partial charge in [0, 0.05) is 25.0 Å². The number of aromatic nitrogens is 1. The second-order valence-corrected chi connectivity index (χ2v) is 6.27. The molecule has 1 saturated heterocycles. The minimum absolute atomic E-state index is 0.166. The first kappa shape index (κ1) is 19.6. The Bertz CT molecular complexity index is 849. The first-order chi connectivity index (χ1) is 13.6. The Balaban J connectivity index is 1.72. The second kappa shape index (κ2) is 9.18. The van der Waals surface area contributed by atoms with E-state index < -0.39 is 5.97 Å². The highest BCUT2D eigenvalue weighted by Crippen LogP contribution is 2.24. The van der Waals surface area contributed by atoms with Gasteiger partial charge in [-0.2, -0.15) is 0 Å². The van der Waals surface area contributed by atoms with Gasteiger partial charge in [-0.3, -0.25) is 4.79 Å². The molecule has 2 heterocycles. The molecule has 8 heteroatoms. The van der Waals surface area contributed by atoms with Crippen LogP contribution in [0.1, 0.15) is 15.9 Å². The SMILES string of the molecule is COC(=O)COc1ccc(NC(=O)c2cccnc2N2CCOCC2)c(C)c1. The van der Waals surface area contributed by atoms with E-state index in [1.807, 2.05) is 6.92 Å². The zero-order valence-corrected chi connectivity index (χ0v) is 15.9. The number of benzene rings is 1. The molecule has 1 aliphatic heterocycles. The first-order valence-corrected chi connectivity index (χ1v) is 8.98. The summed E-state index contributed by atoms with van der Waals surface area (Å²) in [4.78, 5) is 30.5. The van der Waals surface area contributed by atoms with Gasteiger partial charge in [-0.15, -0.1) is 0 Å². The average molecular weight is 385 g/mol. The van der Waals surface area contributed by atoms with Gasteiger partial charge in [0.05, 0.1) is 25.9 Å². The number of pyridine rings is 1. The molecule has 1 aromatic heterocycles. The molecule has 1 aromatic carbocycles. The molecule has 148 valence electrons. The van der Waals surface area contributed by atoms with Crippen LogP contribution in [-0.4, -0.2) is 56.9 Å². The largest absolute Gasteiger partial charge is 0.482 e. The van der Waals surface area contributed by atoms with Gasteiger partial charge in [0.15, 0.2) is 6.61 Å². The van der Waals surface area contributed by atoms with E-state index in [2.05, 4.69) is 19.9 Å². The molecular weight excluding hydrogens is 362 g/mol. The fourth-order valence-electron chi connectivity index (χ4n) is 2.86. The molecule has 1 fully saturated rings. The van der Waals surface area contributed by atoms with Crippen molar-refractivity contribution in [2.75, 3.05) is 50.2 Å². The molecule has 1 N–H and O–H groups in total. The van der Waals surface area contributed by atoms with Crippen molar-refractivity contribution in [2.45, 2.75) is 6.92 Å². The molecule has 0 unspecified atom stereocenters. The van der Waals surface area contributed by atoms with Crippen LogP contribution in [0.15, 0.2) is 36.5 Å². The minimum Gasteiger partial charge on any atom is -0.482 e. The number of hydrogen-bond acceptors (Lipinski definition) is 7. The Morgan fingerprint density at radius 3 is 2.75 bits per heavy atom. The van der Waals surface area contributed by atoms with Gasteiger partial charge in [0.2, 0.25) is 0 Å². The molecular formula is C20H23N3O5. The highest BCUT2D eigenvalue weighted by Gasteiger charge is 2.20. The molecule has 0 spiro atoms. The number of nitrogens with zero attached hydrogens (tertiary/aromatic N) is 2. The van der Waals surface area contributed by atoms with E-state index in [9.17, 15) is 9.59 Å². The molecule has 0 atom stereocenters. The van der Waals surface area contributed by atoms with Crippen molar-refractivity contribution in [2.24, 2.45) is 0 Å². The van der Waals surface area contributed by atoms with Crippen molar-refractivity contribution >= 4 is 23.4 Å². The van der Waals surface area contributed by atoms with Crippen LogP contribution >= 0.6 is 0 Å². The number of hydrogen-bond donors (Lipinski definition) is 1. The van der Waals surface area contributed by atoms with Gasteiger partial charge in [0.1, 0.15) is 11.6 Å². The lowest BCUT2D eigenvalue weighted by atomic mass is 10.1. The van der Waals surface area contributed by atoms with E-state index in [1.54, 1.807) is 36.5 Å². The van der Waals surface area contributed by atoms with Crippen LogP contribution < -0.4 is 15.0 Å². The van der Waals surface area contributed by atoms with E-state index in [4.69, 9.17) is 9.47 Å². The maximum absolute atomic E-state index is 12.9. The number of morpholine rings is 1. The Morgan fingerprint density at radius 2 is 2.04 bits per heavy atom. The van der Waals surface area contributed by atoms with Crippen molar-refractivity contribution in [3.05, 3.63) is 47.7 Å². The molecule has 1 aliphatic rings. The van der Waals surface area contributed by atoms with E-state index in [0.29, 0.717) is 49.1 Å². The molecule has 2 aromatic rings.